The molecular weight excluding hydrogens is 449 g/mol. The number of nitrogens with one attached hydrogen (secondary N) is 2. The molecule has 0 spiro atoms. The van der Waals surface area contributed by atoms with E-state index in [9.17, 15) is 14.0 Å². The number of rotatable bonds is 8. The molecule has 9 heteroatoms. The highest BCUT2D eigenvalue weighted by Crippen LogP contribution is 2.23. The summed E-state index contributed by atoms with van der Waals surface area (Å²) in [5, 5.41) is 11.1. The largest absolute Gasteiger partial charge is 0.497 e. The van der Waals surface area contributed by atoms with Crippen LogP contribution in [0.15, 0.2) is 90.2 Å². The van der Waals surface area contributed by atoms with Crippen molar-refractivity contribution in [2.75, 3.05) is 13.7 Å². The molecule has 0 atom stereocenters. The lowest BCUT2D eigenvalue weighted by atomic mass is 10.1. The molecule has 0 aliphatic rings. The first kappa shape index (κ1) is 23.4. The minimum atomic E-state index is -0.498. The Hall–Kier alpha value is -4.79. The van der Waals surface area contributed by atoms with E-state index in [1.807, 2.05) is 30.3 Å². The predicted molar refractivity (Wildman–Crippen MR) is 130 cm³/mol. The van der Waals surface area contributed by atoms with E-state index in [0.717, 1.165) is 5.69 Å². The van der Waals surface area contributed by atoms with Gasteiger partial charge in [0.1, 0.15) is 17.3 Å². The summed E-state index contributed by atoms with van der Waals surface area (Å²) >= 11 is 0. The molecule has 0 unspecified atom stereocenters. The molecule has 35 heavy (non-hydrogen) atoms. The Balaban J connectivity index is 1.43. The average molecular weight is 471 g/mol. The molecule has 0 bridgehead atoms. The maximum atomic E-state index is 13.4. The second-order valence-corrected chi connectivity index (χ2v) is 7.42. The molecule has 0 aliphatic heterocycles. The third-order valence-electron chi connectivity index (χ3n) is 5.04. The van der Waals surface area contributed by atoms with E-state index in [0.29, 0.717) is 28.1 Å². The average Bonchev–Trinajstić information content (AvgIpc) is 3.32. The molecule has 8 nitrogen and oxygen atoms in total. The van der Waals surface area contributed by atoms with Crippen molar-refractivity contribution in [1.82, 2.24) is 20.5 Å². The fourth-order valence-electron chi connectivity index (χ4n) is 3.25. The molecule has 0 saturated heterocycles. The summed E-state index contributed by atoms with van der Waals surface area (Å²) < 4.78 is 20.1. The van der Waals surface area contributed by atoms with Gasteiger partial charge in [-0.1, -0.05) is 18.2 Å². The molecule has 176 valence electrons. The van der Waals surface area contributed by atoms with Gasteiger partial charge in [0, 0.05) is 22.9 Å². The van der Waals surface area contributed by atoms with Crippen LogP contribution in [0.25, 0.3) is 16.9 Å². The lowest BCUT2D eigenvalue weighted by molar-refractivity contribution is -0.120. The van der Waals surface area contributed by atoms with Crippen LogP contribution < -0.4 is 15.5 Å². The van der Waals surface area contributed by atoms with Crippen molar-refractivity contribution in [3.05, 3.63) is 102 Å². The number of carbonyl (C=O) groups excluding carboxylic acids is 2. The number of halogens is 1. The highest BCUT2D eigenvalue weighted by atomic mass is 19.1. The maximum absolute atomic E-state index is 13.4. The van der Waals surface area contributed by atoms with E-state index >= 15 is 0 Å². The molecule has 0 radical (unpaired) electrons. The molecule has 4 aromatic rings. The summed E-state index contributed by atoms with van der Waals surface area (Å²) in [5.41, 5.74) is 5.51. The van der Waals surface area contributed by atoms with Crippen molar-refractivity contribution in [2.45, 2.75) is 0 Å². The van der Waals surface area contributed by atoms with Gasteiger partial charge in [-0.15, -0.1) is 0 Å². The zero-order chi connectivity index (χ0) is 24.6. The van der Waals surface area contributed by atoms with Gasteiger partial charge in [0.2, 0.25) is 0 Å². The zero-order valence-electron chi connectivity index (χ0n) is 18.8. The third-order valence-corrected chi connectivity index (χ3v) is 5.04. The second kappa shape index (κ2) is 10.9. The smallest absolute Gasteiger partial charge is 0.259 e. The number of nitrogens with zero attached hydrogens (tertiary/aromatic N) is 3. The van der Waals surface area contributed by atoms with Gasteiger partial charge in [0.15, 0.2) is 0 Å². The minimum absolute atomic E-state index is 0.254. The number of hydrogen-bond acceptors (Lipinski definition) is 5. The highest BCUT2D eigenvalue weighted by Gasteiger charge is 2.12. The Labute approximate surface area is 201 Å². The number of hydrazone groups is 1. The number of methoxy groups -OCH3 is 1. The first-order valence-corrected chi connectivity index (χ1v) is 10.7. The van der Waals surface area contributed by atoms with Crippen LogP contribution in [-0.4, -0.2) is 41.5 Å². The van der Waals surface area contributed by atoms with Gasteiger partial charge in [-0.3, -0.25) is 9.59 Å². The summed E-state index contributed by atoms with van der Waals surface area (Å²) in [6, 6.07) is 22.0. The van der Waals surface area contributed by atoms with Crippen molar-refractivity contribution in [3.8, 4) is 22.7 Å². The molecular formula is C26H22FN5O3. The summed E-state index contributed by atoms with van der Waals surface area (Å²) in [4.78, 5) is 24.4. The van der Waals surface area contributed by atoms with Crippen LogP contribution in [-0.2, 0) is 4.79 Å². The van der Waals surface area contributed by atoms with Gasteiger partial charge in [-0.05, 0) is 60.7 Å². The molecule has 0 fully saturated rings. The van der Waals surface area contributed by atoms with Crippen LogP contribution in [0.5, 0.6) is 5.75 Å². The van der Waals surface area contributed by atoms with Crippen molar-refractivity contribution in [1.29, 1.82) is 0 Å². The molecule has 3 aromatic carbocycles. The Morgan fingerprint density at radius 1 is 1.03 bits per heavy atom. The predicted octanol–water partition coefficient (Wildman–Crippen LogP) is 3.57. The number of aromatic nitrogens is 2. The van der Waals surface area contributed by atoms with E-state index in [1.54, 1.807) is 47.3 Å². The van der Waals surface area contributed by atoms with Crippen LogP contribution in [0.3, 0.4) is 0 Å². The second-order valence-electron chi connectivity index (χ2n) is 7.42. The lowest BCUT2D eigenvalue weighted by Gasteiger charge is -2.05. The molecule has 1 heterocycles. The van der Waals surface area contributed by atoms with Gasteiger partial charge < -0.3 is 10.1 Å². The van der Waals surface area contributed by atoms with Gasteiger partial charge in [0.25, 0.3) is 11.8 Å². The normalized spacial score (nSPS) is 10.8. The topological polar surface area (TPSA) is 97.6 Å². The van der Waals surface area contributed by atoms with Crippen molar-refractivity contribution in [3.63, 3.8) is 0 Å². The van der Waals surface area contributed by atoms with Crippen LogP contribution in [0.1, 0.15) is 15.9 Å². The van der Waals surface area contributed by atoms with Gasteiger partial charge in [-0.2, -0.15) is 10.2 Å². The lowest BCUT2D eigenvalue weighted by Crippen LogP contribution is -2.34. The van der Waals surface area contributed by atoms with Crippen LogP contribution >= 0.6 is 0 Å². The number of amides is 2. The van der Waals surface area contributed by atoms with Gasteiger partial charge in [-0.25, -0.2) is 14.5 Å². The van der Waals surface area contributed by atoms with Crippen LogP contribution in [0, 0.1) is 5.82 Å². The monoisotopic (exact) mass is 471 g/mol. The van der Waals surface area contributed by atoms with Crippen LogP contribution in [0.4, 0.5) is 4.39 Å². The molecule has 2 amide bonds. The maximum Gasteiger partial charge on any atom is 0.259 e. The number of benzene rings is 3. The van der Waals surface area contributed by atoms with E-state index in [2.05, 4.69) is 20.9 Å². The first-order chi connectivity index (χ1) is 17.0. The number of carbonyl (C=O) groups is 2. The Kier molecular flexibility index (Phi) is 7.27. The standard InChI is InChI=1S/C26H22FN5O3/c1-35-23-13-9-19(10-14-23)26(34)28-16-24(33)30-29-15-20-17-32(22-5-3-2-4-6-22)31-25(20)18-7-11-21(27)12-8-18/h2-15,17H,16H2,1H3,(H,28,34)(H,30,33)/b29-15+. The van der Waals surface area contributed by atoms with E-state index in [-0.39, 0.29) is 12.4 Å². The first-order valence-electron chi connectivity index (χ1n) is 10.7. The zero-order valence-corrected chi connectivity index (χ0v) is 18.8. The van der Waals surface area contributed by atoms with Crippen molar-refractivity contribution < 1.29 is 18.7 Å². The summed E-state index contributed by atoms with van der Waals surface area (Å²) in [6.07, 6.45) is 3.21. The fourth-order valence-corrected chi connectivity index (χ4v) is 3.25. The molecule has 4 rings (SSSR count). The number of para-hydroxylation sites is 1. The highest BCUT2D eigenvalue weighted by molar-refractivity contribution is 5.96. The summed E-state index contributed by atoms with van der Waals surface area (Å²) in [6.45, 7) is -0.254. The molecule has 0 saturated carbocycles. The Bertz CT molecular complexity index is 1330. The summed E-state index contributed by atoms with van der Waals surface area (Å²) in [5.74, 6) is -0.615. The van der Waals surface area contributed by atoms with E-state index in [4.69, 9.17) is 4.74 Å². The Morgan fingerprint density at radius 3 is 2.43 bits per heavy atom. The number of hydrogen-bond donors (Lipinski definition) is 2. The van der Waals surface area contributed by atoms with Crippen LogP contribution in [0.2, 0.25) is 0 Å². The quantitative estimate of drug-likeness (QED) is 0.303. The molecule has 0 aliphatic carbocycles. The minimum Gasteiger partial charge on any atom is -0.497 e. The van der Waals surface area contributed by atoms with Crippen molar-refractivity contribution in [2.24, 2.45) is 5.10 Å². The third kappa shape index (κ3) is 5.97. The molecule has 2 N–H and O–H groups in total. The fraction of sp³-hybridized carbons (Fsp3) is 0.0769. The van der Waals surface area contributed by atoms with Crippen molar-refractivity contribution >= 4 is 18.0 Å². The molecule has 1 aromatic heterocycles. The van der Waals surface area contributed by atoms with E-state index < -0.39 is 11.8 Å². The van der Waals surface area contributed by atoms with Gasteiger partial charge >= 0.3 is 0 Å². The Morgan fingerprint density at radius 2 is 1.74 bits per heavy atom. The summed E-state index contributed by atoms with van der Waals surface area (Å²) in [7, 11) is 1.54. The van der Waals surface area contributed by atoms with Gasteiger partial charge in [0.05, 0.1) is 25.6 Å². The number of ether oxygens (including phenoxy) is 1. The SMILES string of the molecule is COc1ccc(C(=O)NCC(=O)N/N=C/c2cn(-c3ccccc3)nc2-c2ccc(F)cc2)cc1. The van der Waals surface area contributed by atoms with E-state index in [1.165, 1.54) is 25.5 Å².